The minimum atomic E-state index is -0.594. The molecule has 0 saturated carbocycles. The second-order valence-corrected chi connectivity index (χ2v) is 10.3. The molecular weight excluding hydrogens is 471 g/mol. The average Bonchev–Trinajstić information content (AvgIpc) is 3.47. The fraction of sp³-hybridized carbons (Fsp3) is 0.172. The molecule has 2 N–H and O–H groups in total. The Kier molecular flexibility index (Phi) is 5.93. The zero-order valence-corrected chi connectivity index (χ0v) is 21.7. The average molecular weight is 499 g/mol. The molecule has 1 unspecified atom stereocenters. The summed E-state index contributed by atoms with van der Waals surface area (Å²) in [5.41, 5.74) is 4.30. The first-order valence-electron chi connectivity index (χ1n) is 11.6. The van der Waals surface area contributed by atoms with Crippen molar-refractivity contribution in [3.05, 3.63) is 78.0 Å². The molecule has 0 fully saturated rings. The Morgan fingerprint density at radius 2 is 1.72 bits per heavy atom. The van der Waals surface area contributed by atoms with Crippen LogP contribution in [0.2, 0.25) is 0 Å². The van der Waals surface area contributed by atoms with E-state index in [1.54, 1.807) is 13.1 Å². The summed E-state index contributed by atoms with van der Waals surface area (Å²) in [5, 5.41) is 5.34. The van der Waals surface area contributed by atoms with Crippen molar-refractivity contribution >= 4 is 48.3 Å². The predicted molar refractivity (Wildman–Crippen MR) is 147 cm³/mol. The molecule has 0 spiro atoms. The second-order valence-electron chi connectivity index (χ2n) is 9.66. The standard InChI is InChI=1S/C29H27N2O4P/c1-29(2,3)35-28(33)18-7-5-6-17(14-18)21-15-22-23(27(32)30-4)25(16-8-10-19(36)11-9-16)34-26(22)20-12-13-31-24(20)21/h5-15,31H,36H2,1-4H3,(H,30,32). The molecule has 2 heterocycles. The summed E-state index contributed by atoms with van der Waals surface area (Å²) in [7, 11) is 4.27. The fourth-order valence-corrected chi connectivity index (χ4v) is 4.54. The molecule has 0 aliphatic rings. The van der Waals surface area contributed by atoms with Gasteiger partial charge in [0, 0.05) is 35.1 Å². The Balaban J connectivity index is 1.75. The summed E-state index contributed by atoms with van der Waals surface area (Å²) in [6.45, 7) is 5.53. The topological polar surface area (TPSA) is 84.3 Å². The van der Waals surface area contributed by atoms with Gasteiger partial charge in [-0.05, 0) is 55.9 Å². The number of hydrogen-bond acceptors (Lipinski definition) is 4. The number of ether oxygens (including phenoxy) is 1. The number of amides is 1. The van der Waals surface area contributed by atoms with Crippen molar-refractivity contribution < 1.29 is 18.7 Å². The van der Waals surface area contributed by atoms with Crippen molar-refractivity contribution in [2.75, 3.05) is 7.05 Å². The Morgan fingerprint density at radius 1 is 0.972 bits per heavy atom. The van der Waals surface area contributed by atoms with Crippen molar-refractivity contribution in [2.24, 2.45) is 0 Å². The molecule has 0 aliphatic carbocycles. The van der Waals surface area contributed by atoms with E-state index >= 15 is 0 Å². The number of carbonyl (C=O) groups is 2. The van der Waals surface area contributed by atoms with Crippen LogP contribution >= 0.6 is 9.24 Å². The van der Waals surface area contributed by atoms with Crippen molar-refractivity contribution in [3.8, 4) is 22.5 Å². The van der Waals surface area contributed by atoms with Crippen LogP contribution in [0.3, 0.4) is 0 Å². The molecule has 1 atom stereocenters. The number of esters is 1. The summed E-state index contributed by atoms with van der Waals surface area (Å²) < 4.78 is 11.9. The van der Waals surface area contributed by atoms with Gasteiger partial charge < -0.3 is 19.5 Å². The molecule has 6 nitrogen and oxygen atoms in total. The Hall–Kier alpha value is -3.89. The summed E-state index contributed by atoms with van der Waals surface area (Å²) in [5.74, 6) is -0.110. The van der Waals surface area contributed by atoms with Gasteiger partial charge in [-0.15, -0.1) is 9.24 Å². The predicted octanol–water partition coefficient (Wildman–Crippen LogP) is 6.06. The highest BCUT2D eigenvalue weighted by Gasteiger charge is 2.25. The van der Waals surface area contributed by atoms with Crippen LogP contribution in [0.1, 0.15) is 41.5 Å². The highest BCUT2D eigenvalue weighted by atomic mass is 31.0. The van der Waals surface area contributed by atoms with Crippen molar-refractivity contribution in [2.45, 2.75) is 26.4 Å². The van der Waals surface area contributed by atoms with E-state index < -0.39 is 5.60 Å². The maximum Gasteiger partial charge on any atom is 0.338 e. The van der Waals surface area contributed by atoms with Crippen molar-refractivity contribution in [3.63, 3.8) is 0 Å². The van der Waals surface area contributed by atoms with Gasteiger partial charge in [0.1, 0.15) is 16.9 Å². The number of rotatable bonds is 4. The van der Waals surface area contributed by atoms with Crippen LogP contribution in [0.4, 0.5) is 0 Å². The van der Waals surface area contributed by atoms with Gasteiger partial charge in [-0.1, -0.05) is 36.4 Å². The minimum absolute atomic E-state index is 0.234. The molecule has 0 radical (unpaired) electrons. The normalized spacial score (nSPS) is 11.7. The van der Waals surface area contributed by atoms with Gasteiger partial charge in [0.15, 0.2) is 0 Å². The Morgan fingerprint density at radius 3 is 2.42 bits per heavy atom. The van der Waals surface area contributed by atoms with E-state index in [4.69, 9.17) is 9.15 Å². The zero-order valence-electron chi connectivity index (χ0n) is 20.6. The van der Waals surface area contributed by atoms with E-state index in [9.17, 15) is 9.59 Å². The maximum absolute atomic E-state index is 13.1. The molecule has 182 valence electrons. The molecule has 0 aliphatic heterocycles. The molecule has 0 saturated heterocycles. The third kappa shape index (κ3) is 4.29. The number of fused-ring (bicyclic) bond motifs is 3. The smallest absolute Gasteiger partial charge is 0.338 e. The van der Waals surface area contributed by atoms with Gasteiger partial charge in [0.05, 0.1) is 16.6 Å². The molecule has 7 heteroatoms. The van der Waals surface area contributed by atoms with Crippen LogP contribution < -0.4 is 10.6 Å². The molecule has 3 aromatic carbocycles. The van der Waals surface area contributed by atoms with Crippen LogP contribution in [-0.2, 0) is 4.74 Å². The highest BCUT2D eigenvalue weighted by Crippen LogP contribution is 2.41. The van der Waals surface area contributed by atoms with Crippen LogP contribution in [0.25, 0.3) is 44.3 Å². The highest BCUT2D eigenvalue weighted by molar-refractivity contribution is 7.27. The van der Waals surface area contributed by atoms with Crippen LogP contribution in [0, 0.1) is 0 Å². The van der Waals surface area contributed by atoms with Crippen LogP contribution in [0.5, 0.6) is 0 Å². The molecular formula is C29H27N2O4P. The summed E-state index contributed by atoms with van der Waals surface area (Å²) in [4.78, 5) is 29.1. The molecule has 2 aromatic heterocycles. The fourth-order valence-electron chi connectivity index (χ4n) is 4.35. The number of aromatic nitrogens is 1. The zero-order chi connectivity index (χ0) is 25.6. The lowest BCUT2D eigenvalue weighted by Gasteiger charge is -2.19. The van der Waals surface area contributed by atoms with E-state index in [1.807, 2.05) is 81.6 Å². The quantitative estimate of drug-likeness (QED) is 0.233. The van der Waals surface area contributed by atoms with Gasteiger partial charge in [0.2, 0.25) is 0 Å². The van der Waals surface area contributed by atoms with E-state index in [0.29, 0.717) is 27.9 Å². The molecule has 36 heavy (non-hydrogen) atoms. The Bertz CT molecular complexity index is 1620. The maximum atomic E-state index is 13.1. The van der Waals surface area contributed by atoms with Gasteiger partial charge in [-0.3, -0.25) is 4.79 Å². The monoisotopic (exact) mass is 498 g/mol. The van der Waals surface area contributed by atoms with Gasteiger partial charge in [-0.25, -0.2) is 4.79 Å². The van der Waals surface area contributed by atoms with Crippen LogP contribution in [-0.4, -0.2) is 29.5 Å². The first-order chi connectivity index (χ1) is 17.2. The van der Waals surface area contributed by atoms with Crippen molar-refractivity contribution in [1.29, 1.82) is 0 Å². The molecule has 5 aromatic rings. The number of furan rings is 1. The lowest BCUT2D eigenvalue weighted by molar-refractivity contribution is 0.00694. The third-order valence-corrected chi connectivity index (χ3v) is 6.31. The van der Waals surface area contributed by atoms with Crippen LogP contribution in [0.15, 0.2) is 71.3 Å². The number of aromatic amines is 1. The SMILES string of the molecule is CNC(=O)c1c(-c2ccc(P)cc2)oc2c1cc(-c1cccc(C(=O)OC(C)(C)C)c1)c1[nH]ccc12. The molecule has 0 bridgehead atoms. The Labute approximate surface area is 211 Å². The van der Waals surface area contributed by atoms with Gasteiger partial charge in [-0.2, -0.15) is 0 Å². The number of nitrogens with one attached hydrogen (secondary N) is 2. The summed E-state index contributed by atoms with van der Waals surface area (Å²) in [6, 6.07) is 19.0. The number of hydrogen-bond donors (Lipinski definition) is 2. The van der Waals surface area contributed by atoms with E-state index in [2.05, 4.69) is 19.5 Å². The largest absolute Gasteiger partial charge is 0.456 e. The summed E-state index contributed by atoms with van der Waals surface area (Å²) in [6.07, 6.45) is 1.84. The third-order valence-electron chi connectivity index (χ3n) is 5.93. The lowest BCUT2D eigenvalue weighted by atomic mass is 9.96. The van der Waals surface area contributed by atoms with E-state index in [0.717, 1.165) is 32.9 Å². The first-order valence-corrected chi connectivity index (χ1v) is 12.2. The molecule has 1 amide bonds. The van der Waals surface area contributed by atoms with E-state index in [-0.39, 0.29) is 11.9 Å². The molecule has 5 rings (SSSR count). The lowest BCUT2D eigenvalue weighted by Crippen LogP contribution is -2.23. The first kappa shape index (κ1) is 23.8. The van der Waals surface area contributed by atoms with Crippen molar-refractivity contribution in [1.82, 2.24) is 10.3 Å². The van der Waals surface area contributed by atoms with Gasteiger partial charge >= 0.3 is 5.97 Å². The van der Waals surface area contributed by atoms with Gasteiger partial charge in [0.25, 0.3) is 5.91 Å². The number of carbonyl (C=O) groups excluding carboxylic acids is 2. The minimum Gasteiger partial charge on any atom is -0.456 e. The summed E-state index contributed by atoms with van der Waals surface area (Å²) >= 11 is 0. The van der Waals surface area contributed by atoms with E-state index in [1.165, 1.54) is 0 Å². The second kappa shape index (κ2) is 8.96. The number of H-pyrrole nitrogens is 1. The number of benzene rings is 3.